The van der Waals surface area contributed by atoms with Gasteiger partial charge in [-0.25, -0.2) is 0 Å². The molecule has 158 valence electrons. The van der Waals surface area contributed by atoms with Crippen LogP contribution >= 0.6 is 0 Å². The van der Waals surface area contributed by atoms with Gasteiger partial charge in [0.2, 0.25) is 5.43 Å². The van der Waals surface area contributed by atoms with Gasteiger partial charge >= 0.3 is 0 Å². The van der Waals surface area contributed by atoms with Crippen molar-refractivity contribution in [3.63, 3.8) is 0 Å². The number of fused-ring (bicyclic) bond motifs is 1. The van der Waals surface area contributed by atoms with Crippen molar-refractivity contribution in [2.24, 2.45) is 0 Å². The van der Waals surface area contributed by atoms with E-state index >= 15 is 0 Å². The minimum atomic E-state index is -1.65. The monoisotopic (exact) mass is 416 g/mol. The predicted molar refractivity (Wildman–Crippen MR) is 104 cm³/mol. The molecule has 1 aliphatic heterocycles. The van der Waals surface area contributed by atoms with Gasteiger partial charge in [0.15, 0.2) is 0 Å². The van der Waals surface area contributed by atoms with E-state index in [0.29, 0.717) is 5.56 Å². The second-order valence-electron chi connectivity index (χ2n) is 7.15. The van der Waals surface area contributed by atoms with Crippen molar-refractivity contribution in [3.8, 4) is 22.6 Å². The van der Waals surface area contributed by atoms with Crippen molar-refractivity contribution in [1.82, 2.24) is 0 Å². The van der Waals surface area contributed by atoms with E-state index < -0.39 is 42.6 Å². The number of aliphatic hydroxyl groups excluding tert-OH is 4. The van der Waals surface area contributed by atoms with Crippen molar-refractivity contribution in [3.05, 3.63) is 58.4 Å². The van der Waals surface area contributed by atoms with Crippen molar-refractivity contribution >= 4 is 11.0 Å². The summed E-state index contributed by atoms with van der Waals surface area (Å²) < 4.78 is 11.1. The van der Waals surface area contributed by atoms with Crippen molar-refractivity contribution < 1.29 is 39.8 Å². The lowest BCUT2D eigenvalue weighted by Crippen LogP contribution is -2.55. The summed E-state index contributed by atoms with van der Waals surface area (Å²) in [6, 6.07) is 8.54. The van der Waals surface area contributed by atoms with E-state index in [9.17, 15) is 35.4 Å². The molecule has 0 spiro atoms. The zero-order chi connectivity index (χ0) is 21.6. The molecule has 0 radical (unpaired) electrons. The van der Waals surface area contributed by atoms with Crippen molar-refractivity contribution in [2.45, 2.75) is 30.5 Å². The van der Waals surface area contributed by atoms with Gasteiger partial charge < -0.3 is 39.8 Å². The first-order valence-corrected chi connectivity index (χ1v) is 9.20. The summed E-state index contributed by atoms with van der Waals surface area (Å²) in [6.45, 7) is -0.637. The Labute approximate surface area is 169 Å². The smallest absolute Gasteiger partial charge is 0.200 e. The normalized spacial score (nSPS) is 26.7. The van der Waals surface area contributed by atoms with Gasteiger partial charge in [-0.3, -0.25) is 4.79 Å². The van der Waals surface area contributed by atoms with Gasteiger partial charge in [0.1, 0.15) is 53.9 Å². The highest BCUT2D eigenvalue weighted by atomic mass is 16.5. The highest BCUT2D eigenvalue weighted by molar-refractivity contribution is 5.86. The fraction of sp³-hybridized carbons (Fsp3) is 0.286. The molecule has 0 bridgehead atoms. The van der Waals surface area contributed by atoms with Crippen molar-refractivity contribution in [1.29, 1.82) is 0 Å². The molecule has 9 nitrogen and oxygen atoms in total. The molecule has 4 rings (SSSR count). The Bertz CT molecular complexity index is 1120. The summed E-state index contributed by atoms with van der Waals surface area (Å²) in [6.07, 6.45) is -6.24. The van der Waals surface area contributed by atoms with Gasteiger partial charge in [-0.2, -0.15) is 0 Å². The molecule has 9 heteroatoms. The average Bonchev–Trinajstić information content (AvgIpc) is 2.74. The first-order valence-electron chi connectivity index (χ1n) is 9.20. The summed E-state index contributed by atoms with van der Waals surface area (Å²) in [5, 5.41) is 59.8. The molecule has 1 saturated heterocycles. The maximum Gasteiger partial charge on any atom is 0.200 e. The summed E-state index contributed by atoms with van der Waals surface area (Å²) in [5.74, 6) is -0.314. The van der Waals surface area contributed by atoms with Crippen LogP contribution in [0.1, 0.15) is 11.7 Å². The highest BCUT2D eigenvalue weighted by Gasteiger charge is 2.45. The van der Waals surface area contributed by atoms with Crippen LogP contribution in [0, 0.1) is 0 Å². The van der Waals surface area contributed by atoms with Crippen LogP contribution in [0.3, 0.4) is 0 Å². The third kappa shape index (κ3) is 3.22. The molecule has 1 aliphatic rings. The molecule has 2 aromatic carbocycles. The van der Waals surface area contributed by atoms with Crippen LogP contribution < -0.4 is 5.43 Å². The minimum Gasteiger partial charge on any atom is -0.508 e. The van der Waals surface area contributed by atoms with Crippen LogP contribution in [-0.2, 0) is 4.74 Å². The Morgan fingerprint density at radius 2 is 1.60 bits per heavy atom. The molecule has 0 unspecified atom stereocenters. The molecular weight excluding hydrogens is 396 g/mol. The standard InChI is InChI=1S/C21H20O9/c22-7-14-17(26)18(27)19(28)21(30-14)15-13(24)6-5-11-16(25)12(8-29-20(11)15)9-1-3-10(23)4-2-9/h1-6,8,14,17-19,21-24,26-28H,7H2/t14-,17+,18-,19+,21+/m0/s1. The lowest BCUT2D eigenvalue weighted by atomic mass is 9.89. The fourth-order valence-electron chi connectivity index (χ4n) is 3.67. The average molecular weight is 416 g/mol. The summed E-state index contributed by atoms with van der Waals surface area (Å²) in [5.41, 5.74) is 0.150. The van der Waals surface area contributed by atoms with Crippen LogP contribution in [0.15, 0.2) is 51.9 Å². The Balaban J connectivity index is 1.87. The molecule has 0 amide bonds. The van der Waals surface area contributed by atoms with Crippen LogP contribution in [0.25, 0.3) is 22.1 Å². The second kappa shape index (κ2) is 7.71. The highest BCUT2D eigenvalue weighted by Crippen LogP contribution is 2.40. The topological polar surface area (TPSA) is 161 Å². The molecule has 1 fully saturated rings. The Hall–Kier alpha value is -2.95. The zero-order valence-electron chi connectivity index (χ0n) is 15.5. The summed E-state index contributed by atoms with van der Waals surface area (Å²) >= 11 is 0. The Morgan fingerprint density at radius 1 is 0.900 bits per heavy atom. The van der Waals surface area contributed by atoms with Gasteiger partial charge in [-0.05, 0) is 29.8 Å². The van der Waals surface area contributed by atoms with Gasteiger partial charge in [0, 0.05) is 0 Å². The Morgan fingerprint density at radius 3 is 2.27 bits per heavy atom. The van der Waals surface area contributed by atoms with Crippen molar-refractivity contribution in [2.75, 3.05) is 6.61 Å². The van der Waals surface area contributed by atoms with Crippen LogP contribution in [-0.4, -0.2) is 61.7 Å². The third-order valence-corrected chi connectivity index (χ3v) is 5.31. The SMILES string of the molecule is O=c1c(-c2ccc(O)cc2)coc2c([C@H]3O[C@@H](CO)[C@@H](O)[C@H](O)[C@H]3O)c(O)ccc12. The van der Waals surface area contributed by atoms with Crippen LogP contribution in [0.2, 0.25) is 0 Å². The number of hydrogen-bond acceptors (Lipinski definition) is 9. The maximum absolute atomic E-state index is 13.0. The molecule has 6 N–H and O–H groups in total. The van der Waals surface area contributed by atoms with E-state index in [0.717, 1.165) is 0 Å². The summed E-state index contributed by atoms with van der Waals surface area (Å²) in [7, 11) is 0. The molecule has 5 atom stereocenters. The van der Waals surface area contributed by atoms with Gasteiger partial charge in [0.25, 0.3) is 0 Å². The van der Waals surface area contributed by atoms with Crippen LogP contribution in [0.4, 0.5) is 0 Å². The summed E-state index contributed by atoms with van der Waals surface area (Å²) in [4.78, 5) is 13.0. The largest absolute Gasteiger partial charge is 0.508 e. The number of ether oxygens (including phenoxy) is 1. The van der Waals surface area contributed by atoms with E-state index in [2.05, 4.69) is 0 Å². The number of phenolic OH excluding ortho intramolecular Hbond substituents is 2. The molecule has 0 aliphatic carbocycles. The molecule has 1 aromatic heterocycles. The molecule has 0 saturated carbocycles. The second-order valence-corrected chi connectivity index (χ2v) is 7.15. The fourth-order valence-corrected chi connectivity index (χ4v) is 3.67. The first-order chi connectivity index (χ1) is 14.3. The number of aromatic hydroxyl groups is 2. The molecule has 2 heterocycles. The zero-order valence-corrected chi connectivity index (χ0v) is 15.5. The van der Waals surface area contributed by atoms with E-state index in [-0.39, 0.29) is 33.6 Å². The Kier molecular flexibility index (Phi) is 5.22. The minimum absolute atomic E-state index is 0.0405. The predicted octanol–water partition coefficient (Wildman–Crippen LogP) is 0.386. The van der Waals surface area contributed by atoms with E-state index in [1.807, 2.05) is 0 Å². The van der Waals surface area contributed by atoms with E-state index in [1.165, 1.54) is 30.5 Å². The number of aliphatic hydroxyl groups is 4. The first kappa shape index (κ1) is 20.3. The number of rotatable bonds is 3. The van der Waals surface area contributed by atoms with Gasteiger partial charge in [-0.15, -0.1) is 0 Å². The van der Waals surface area contributed by atoms with Gasteiger partial charge in [-0.1, -0.05) is 12.1 Å². The number of benzene rings is 2. The van der Waals surface area contributed by atoms with Crippen LogP contribution in [0.5, 0.6) is 11.5 Å². The van der Waals surface area contributed by atoms with Gasteiger partial charge in [0.05, 0.1) is 23.1 Å². The molecule has 3 aromatic rings. The molecule has 30 heavy (non-hydrogen) atoms. The lowest BCUT2D eigenvalue weighted by Gasteiger charge is -2.40. The number of phenols is 2. The quantitative estimate of drug-likeness (QED) is 0.355. The molecular formula is C21H20O9. The third-order valence-electron chi connectivity index (χ3n) is 5.31. The lowest BCUT2D eigenvalue weighted by molar-refractivity contribution is -0.231. The van der Waals surface area contributed by atoms with E-state index in [1.54, 1.807) is 12.1 Å². The van der Waals surface area contributed by atoms with E-state index in [4.69, 9.17) is 9.15 Å². The number of hydrogen-bond donors (Lipinski definition) is 6. The maximum atomic E-state index is 13.0.